The van der Waals surface area contributed by atoms with Crippen LogP contribution in [0.25, 0.3) is 0 Å². The third-order valence-corrected chi connectivity index (χ3v) is 3.75. The van der Waals surface area contributed by atoms with Gasteiger partial charge in [-0.25, -0.2) is 0 Å². The summed E-state index contributed by atoms with van der Waals surface area (Å²) in [6.45, 7) is 1.82. The number of hydrogen-bond donors (Lipinski definition) is 1. The van der Waals surface area contributed by atoms with Crippen molar-refractivity contribution in [1.82, 2.24) is 10.2 Å². The lowest BCUT2D eigenvalue weighted by molar-refractivity contribution is -0.124. The number of rotatable bonds is 6. The molecule has 1 aliphatic heterocycles. The number of carbonyl (C=O) groups excluding carboxylic acids is 2. The van der Waals surface area contributed by atoms with E-state index in [2.05, 4.69) is 17.4 Å². The van der Waals surface area contributed by atoms with E-state index in [1.807, 2.05) is 23.1 Å². The summed E-state index contributed by atoms with van der Waals surface area (Å²) in [5.74, 6) is 0.00896. The van der Waals surface area contributed by atoms with Crippen molar-refractivity contribution in [2.45, 2.75) is 31.7 Å². The molecule has 1 aliphatic rings. The van der Waals surface area contributed by atoms with Crippen LogP contribution in [0.3, 0.4) is 0 Å². The first-order valence-corrected chi connectivity index (χ1v) is 7.29. The van der Waals surface area contributed by atoms with Gasteiger partial charge >= 0.3 is 0 Å². The van der Waals surface area contributed by atoms with Gasteiger partial charge in [-0.15, -0.1) is 0 Å². The summed E-state index contributed by atoms with van der Waals surface area (Å²) < 4.78 is 0. The van der Waals surface area contributed by atoms with E-state index in [-0.39, 0.29) is 11.9 Å². The molecule has 20 heavy (non-hydrogen) atoms. The second-order valence-electron chi connectivity index (χ2n) is 5.26. The van der Waals surface area contributed by atoms with Crippen LogP contribution in [0.15, 0.2) is 30.3 Å². The molecule has 0 aliphatic carbocycles. The van der Waals surface area contributed by atoms with Gasteiger partial charge in [0.2, 0.25) is 5.91 Å². The number of nitrogens with zero attached hydrogens (tertiary/aromatic N) is 1. The van der Waals surface area contributed by atoms with E-state index in [0.717, 1.165) is 38.5 Å². The number of hydrogen-bond acceptors (Lipinski definition) is 3. The van der Waals surface area contributed by atoms with Crippen molar-refractivity contribution in [2.75, 3.05) is 19.6 Å². The fourth-order valence-corrected chi connectivity index (χ4v) is 2.60. The van der Waals surface area contributed by atoms with Crippen LogP contribution in [-0.4, -0.2) is 42.8 Å². The molecule has 0 spiro atoms. The first-order valence-electron chi connectivity index (χ1n) is 7.29. The van der Waals surface area contributed by atoms with Gasteiger partial charge in [0, 0.05) is 6.54 Å². The number of nitrogens with one attached hydrogen (secondary N) is 1. The van der Waals surface area contributed by atoms with Gasteiger partial charge in [0.25, 0.3) is 0 Å². The average molecular weight is 274 g/mol. The third kappa shape index (κ3) is 4.46. The van der Waals surface area contributed by atoms with Crippen molar-refractivity contribution in [3.05, 3.63) is 35.9 Å². The molecule has 0 bridgehead atoms. The maximum Gasteiger partial charge on any atom is 0.234 e. The van der Waals surface area contributed by atoms with E-state index in [4.69, 9.17) is 0 Å². The molecule has 108 valence electrons. The van der Waals surface area contributed by atoms with E-state index in [9.17, 15) is 9.59 Å². The largest absolute Gasteiger partial charge is 0.355 e. The number of carbonyl (C=O) groups is 2. The SMILES string of the molecule is O=CC1CCCCN1CC(=O)NCCc1ccccc1. The lowest BCUT2D eigenvalue weighted by Gasteiger charge is -2.31. The van der Waals surface area contributed by atoms with E-state index in [0.29, 0.717) is 13.1 Å². The fraction of sp³-hybridized carbons (Fsp3) is 0.500. The molecule has 1 unspecified atom stereocenters. The molecule has 1 saturated heterocycles. The van der Waals surface area contributed by atoms with Crippen LogP contribution in [0.5, 0.6) is 0 Å². The summed E-state index contributed by atoms with van der Waals surface area (Å²) in [6, 6.07) is 10.0. The molecular weight excluding hydrogens is 252 g/mol. The van der Waals surface area contributed by atoms with Crippen LogP contribution in [0.2, 0.25) is 0 Å². The van der Waals surface area contributed by atoms with Gasteiger partial charge in [-0.1, -0.05) is 36.8 Å². The topological polar surface area (TPSA) is 49.4 Å². The molecule has 0 saturated carbocycles. The predicted octanol–water partition coefficient (Wildman–Crippen LogP) is 1.40. The smallest absolute Gasteiger partial charge is 0.234 e. The molecule has 4 heteroatoms. The van der Waals surface area contributed by atoms with Crippen molar-refractivity contribution in [3.8, 4) is 0 Å². The highest BCUT2D eigenvalue weighted by atomic mass is 16.2. The first kappa shape index (κ1) is 14.7. The maximum absolute atomic E-state index is 11.9. The quantitative estimate of drug-likeness (QED) is 0.798. The van der Waals surface area contributed by atoms with Crippen LogP contribution in [0.1, 0.15) is 24.8 Å². The highest BCUT2D eigenvalue weighted by molar-refractivity contribution is 5.78. The minimum Gasteiger partial charge on any atom is -0.355 e. The molecule has 0 aromatic heterocycles. The zero-order chi connectivity index (χ0) is 14.2. The standard InChI is InChI=1S/C16H22N2O2/c19-13-15-8-4-5-11-18(15)12-16(20)17-10-9-14-6-2-1-3-7-14/h1-3,6-7,13,15H,4-5,8-12H2,(H,17,20). The fourth-order valence-electron chi connectivity index (χ4n) is 2.60. The predicted molar refractivity (Wildman–Crippen MR) is 78.4 cm³/mol. The molecule has 1 fully saturated rings. The van der Waals surface area contributed by atoms with Crippen LogP contribution in [0, 0.1) is 0 Å². The Morgan fingerprint density at radius 1 is 1.30 bits per heavy atom. The molecular formula is C16H22N2O2. The number of likely N-dealkylation sites (tertiary alicyclic amines) is 1. The summed E-state index contributed by atoms with van der Waals surface area (Å²) in [5.41, 5.74) is 1.22. The van der Waals surface area contributed by atoms with Gasteiger partial charge < -0.3 is 10.1 Å². The zero-order valence-electron chi connectivity index (χ0n) is 11.8. The minimum atomic E-state index is -0.0800. The van der Waals surface area contributed by atoms with Gasteiger partial charge in [-0.3, -0.25) is 9.69 Å². The average Bonchev–Trinajstić information content (AvgIpc) is 2.49. The minimum absolute atomic E-state index is 0.00896. The van der Waals surface area contributed by atoms with Gasteiger partial charge in [0.1, 0.15) is 6.29 Å². The number of benzene rings is 1. The Hall–Kier alpha value is -1.68. The summed E-state index contributed by atoms with van der Waals surface area (Å²) in [7, 11) is 0. The van der Waals surface area contributed by atoms with Crippen LogP contribution in [0.4, 0.5) is 0 Å². The zero-order valence-corrected chi connectivity index (χ0v) is 11.8. The summed E-state index contributed by atoms with van der Waals surface area (Å²) >= 11 is 0. The normalized spacial score (nSPS) is 19.5. The molecule has 0 radical (unpaired) electrons. The Balaban J connectivity index is 1.71. The third-order valence-electron chi connectivity index (χ3n) is 3.75. The van der Waals surface area contributed by atoms with Gasteiger partial charge in [0.05, 0.1) is 12.6 Å². The van der Waals surface area contributed by atoms with E-state index >= 15 is 0 Å². The van der Waals surface area contributed by atoms with Gasteiger partial charge in [-0.2, -0.15) is 0 Å². The number of aldehydes is 1. The Morgan fingerprint density at radius 3 is 2.85 bits per heavy atom. The lowest BCUT2D eigenvalue weighted by Crippen LogP contribution is -2.46. The Bertz CT molecular complexity index is 433. The van der Waals surface area contributed by atoms with E-state index in [1.165, 1.54) is 5.56 Å². The van der Waals surface area contributed by atoms with Gasteiger partial charge in [0.15, 0.2) is 0 Å². The monoisotopic (exact) mass is 274 g/mol. The molecule has 1 amide bonds. The molecule has 2 rings (SSSR count). The van der Waals surface area contributed by atoms with Crippen molar-refractivity contribution in [3.63, 3.8) is 0 Å². The van der Waals surface area contributed by atoms with Crippen LogP contribution < -0.4 is 5.32 Å². The van der Waals surface area contributed by atoms with Crippen molar-refractivity contribution in [1.29, 1.82) is 0 Å². The Morgan fingerprint density at radius 2 is 2.10 bits per heavy atom. The molecule has 1 aromatic rings. The highest BCUT2D eigenvalue weighted by Gasteiger charge is 2.23. The van der Waals surface area contributed by atoms with Crippen molar-refractivity contribution < 1.29 is 9.59 Å². The van der Waals surface area contributed by atoms with E-state index in [1.54, 1.807) is 0 Å². The highest BCUT2D eigenvalue weighted by Crippen LogP contribution is 2.14. The number of piperidine rings is 1. The van der Waals surface area contributed by atoms with Gasteiger partial charge in [-0.05, 0) is 31.4 Å². The molecule has 4 nitrogen and oxygen atoms in total. The Labute approximate surface area is 120 Å². The second-order valence-corrected chi connectivity index (χ2v) is 5.26. The molecule has 1 aromatic carbocycles. The lowest BCUT2D eigenvalue weighted by atomic mass is 10.0. The first-order chi connectivity index (χ1) is 9.79. The molecule has 1 heterocycles. The molecule has 1 atom stereocenters. The number of amides is 1. The van der Waals surface area contributed by atoms with Crippen molar-refractivity contribution in [2.24, 2.45) is 0 Å². The Kier molecular flexibility index (Phi) is 5.74. The summed E-state index contributed by atoms with van der Waals surface area (Å²) in [5, 5.41) is 2.93. The van der Waals surface area contributed by atoms with Crippen LogP contribution >= 0.6 is 0 Å². The molecule has 1 N–H and O–H groups in total. The van der Waals surface area contributed by atoms with E-state index < -0.39 is 0 Å². The second kappa shape index (κ2) is 7.80. The van der Waals surface area contributed by atoms with Crippen LogP contribution in [-0.2, 0) is 16.0 Å². The van der Waals surface area contributed by atoms with Crippen molar-refractivity contribution >= 4 is 12.2 Å². The summed E-state index contributed by atoms with van der Waals surface area (Å²) in [6.07, 6.45) is 4.83. The maximum atomic E-state index is 11.9. The summed E-state index contributed by atoms with van der Waals surface area (Å²) in [4.78, 5) is 24.9.